The van der Waals surface area contributed by atoms with Gasteiger partial charge in [0.15, 0.2) is 0 Å². The first-order valence-corrected chi connectivity index (χ1v) is 7.30. The molecular formula is C14H24N2O3. The van der Waals surface area contributed by atoms with E-state index in [1.54, 1.807) is 0 Å². The lowest BCUT2D eigenvalue weighted by Gasteiger charge is -2.36. The third-order valence-electron chi connectivity index (χ3n) is 4.15. The Labute approximate surface area is 114 Å². The van der Waals surface area contributed by atoms with Crippen molar-refractivity contribution < 1.29 is 14.3 Å². The minimum Gasteiger partial charge on any atom is -0.378 e. The zero-order valence-corrected chi connectivity index (χ0v) is 12.0. The molecule has 1 aliphatic heterocycles. The lowest BCUT2D eigenvalue weighted by atomic mass is 9.88. The van der Waals surface area contributed by atoms with Crippen LogP contribution in [0, 0.1) is 0 Å². The molecule has 2 aliphatic rings. The molecule has 2 amide bonds. The second-order valence-corrected chi connectivity index (χ2v) is 5.53. The van der Waals surface area contributed by atoms with Gasteiger partial charge in [-0.25, -0.2) is 0 Å². The van der Waals surface area contributed by atoms with E-state index in [9.17, 15) is 9.59 Å². The van der Waals surface area contributed by atoms with E-state index in [2.05, 4.69) is 5.32 Å². The number of nitrogens with zero attached hydrogens (tertiary/aromatic N) is 1. The van der Waals surface area contributed by atoms with E-state index in [0.29, 0.717) is 18.6 Å². The first-order valence-electron chi connectivity index (χ1n) is 7.30. The molecule has 2 atom stereocenters. The second kappa shape index (κ2) is 6.01. The molecule has 1 aliphatic carbocycles. The Bertz CT molecular complexity index is 353. The normalized spacial score (nSPS) is 32.6. The van der Waals surface area contributed by atoms with Gasteiger partial charge in [-0.3, -0.25) is 14.5 Å². The van der Waals surface area contributed by atoms with Crippen LogP contribution < -0.4 is 5.32 Å². The Morgan fingerprint density at radius 1 is 1.37 bits per heavy atom. The Morgan fingerprint density at radius 2 is 2.05 bits per heavy atom. The summed E-state index contributed by atoms with van der Waals surface area (Å²) in [6.45, 7) is 6.64. The molecule has 0 spiro atoms. The minimum atomic E-state index is -0.325. The van der Waals surface area contributed by atoms with Crippen LogP contribution in [0.1, 0.15) is 46.5 Å². The lowest BCUT2D eigenvalue weighted by Crippen LogP contribution is -2.52. The second-order valence-electron chi connectivity index (χ2n) is 5.53. The minimum absolute atomic E-state index is 0.00404. The van der Waals surface area contributed by atoms with E-state index >= 15 is 0 Å². The average Bonchev–Trinajstić information content (AvgIpc) is 2.61. The fourth-order valence-corrected chi connectivity index (χ4v) is 2.78. The zero-order valence-electron chi connectivity index (χ0n) is 12.0. The molecule has 1 saturated heterocycles. The number of amides is 2. The molecule has 1 heterocycles. The fourth-order valence-electron chi connectivity index (χ4n) is 2.78. The van der Waals surface area contributed by atoms with Gasteiger partial charge in [0.2, 0.25) is 11.8 Å². The highest BCUT2D eigenvalue weighted by molar-refractivity contribution is 6.05. The van der Waals surface area contributed by atoms with Gasteiger partial charge in [-0.2, -0.15) is 0 Å². The summed E-state index contributed by atoms with van der Waals surface area (Å²) in [7, 11) is 0. The Kier molecular flexibility index (Phi) is 4.58. The molecule has 0 aromatic heterocycles. The summed E-state index contributed by atoms with van der Waals surface area (Å²) in [5.41, 5.74) is 0. The maximum absolute atomic E-state index is 12.2. The third kappa shape index (κ3) is 2.98. The highest BCUT2D eigenvalue weighted by Gasteiger charge is 2.43. The smallest absolute Gasteiger partial charge is 0.247 e. The van der Waals surface area contributed by atoms with Crippen molar-refractivity contribution in [1.29, 1.82) is 0 Å². The summed E-state index contributed by atoms with van der Waals surface area (Å²) in [5.74, 6) is -0.100. The summed E-state index contributed by atoms with van der Waals surface area (Å²) in [5, 5.41) is 3.30. The Morgan fingerprint density at radius 3 is 2.63 bits per heavy atom. The topological polar surface area (TPSA) is 58.6 Å². The molecule has 5 nitrogen and oxygen atoms in total. The fraction of sp³-hybridized carbons (Fsp3) is 0.857. The molecule has 108 valence electrons. The largest absolute Gasteiger partial charge is 0.378 e. The zero-order chi connectivity index (χ0) is 14.0. The molecule has 0 aromatic rings. The summed E-state index contributed by atoms with van der Waals surface area (Å²) < 4.78 is 5.49. The van der Waals surface area contributed by atoms with E-state index in [4.69, 9.17) is 4.74 Å². The SMILES string of the molecule is CCOC1CC(NC2CC(=O)N(C(C)CC)C2=O)C1. The highest BCUT2D eigenvalue weighted by atomic mass is 16.5. The first-order chi connectivity index (χ1) is 9.06. The standard InChI is InChI=1S/C14H24N2O3/c1-4-9(3)16-13(17)8-12(14(16)18)15-10-6-11(7-10)19-5-2/h9-12,15H,4-8H2,1-3H3. The lowest BCUT2D eigenvalue weighted by molar-refractivity contribution is -0.141. The van der Waals surface area contributed by atoms with Gasteiger partial charge in [-0.15, -0.1) is 0 Å². The molecular weight excluding hydrogens is 244 g/mol. The maximum Gasteiger partial charge on any atom is 0.247 e. The van der Waals surface area contributed by atoms with Gasteiger partial charge in [0.1, 0.15) is 0 Å². The van der Waals surface area contributed by atoms with Crippen molar-refractivity contribution in [3.63, 3.8) is 0 Å². The first kappa shape index (κ1) is 14.5. The number of imide groups is 1. The van der Waals surface area contributed by atoms with Gasteiger partial charge in [-0.1, -0.05) is 6.92 Å². The van der Waals surface area contributed by atoms with Crippen LogP contribution in [0.5, 0.6) is 0 Å². The van der Waals surface area contributed by atoms with Crippen LogP contribution in [0.3, 0.4) is 0 Å². The highest BCUT2D eigenvalue weighted by Crippen LogP contribution is 2.26. The predicted molar refractivity (Wildman–Crippen MR) is 71.6 cm³/mol. The van der Waals surface area contributed by atoms with Crippen molar-refractivity contribution >= 4 is 11.8 Å². The molecule has 19 heavy (non-hydrogen) atoms. The van der Waals surface area contributed by atoms with E-state index in [-0.39, 0.29) is 23.9 Å². The van der Waals surface area contributed by atoms with Gasteiger partial charge in [0.05, 0.1) is 18.6 Å². The number of nitrogens with one attached hydrogen (secondary N) is 1. The van der Waals surface area contributed by atoms with E-state index in [1.807, 2.05) is 20.8 Å². The van der Waals surface area contributed by atoms with Gasteiger partial charge in [-0.05, 0) is 33.1 Å². The maximum atomic E-state index is 12.2. The predicted octanol–water partition coefficient (Wildman–Crippen LogP) is 1.07. The summed E-state index contributed by atoms with van der Waals surface area (Å²) in [6, 6.07) is -0.00590. The van der Waals surface area contributed by atoms with Crippen molar-refractivity contribution in [3.05, 3.63) is 0 Å². The molecule has 2 rings (SSSR count). The van der Waals surface area contributed by atoms with E-state index in [0.717, 1.165) is 25.9 Å². The van der Waals surface area contributed by atoms with E-state index in [1.165, 1.54) is 4.90 Å². The van der Waals surface area contributed by atoms with Crippen molar-refractivity contribution in [3.8, 4) is 0 Å². The molecule has 0 bridgehead atoms. The summed E-state index contributed by atoms with van der Waals surface area (Å²) in [4.78, 5) is 25.5. The van der Waals surface area contributed by atoms with Crippen molar-refractivity contribution in [2.24, 2.45) is 0 Å². The van der Waals surface area contributed by atoms with Gasteiger partial charge < -0.3 is 10.1 Å². The van der Waals surface area contributed by atoms with Crippen molar-refractivity contribution in [2.75, 3.05) is 6.61 Å². The van der Waals surface area contributed by atoms with Crippen LogP contribution in [0.25, 0.3) is 0 Å². The quantitative estimate of drug-likeness (QED) is 0.732. The Balaban J connectivity index is 1.83. The van der Waals surface area contributed by atoms with Gasteiger partial charge in [0.25, 0.3) is 0 Å². The number of hydrogen-bond acceptors (Lipinski definition) is 4. The molecule has 5 heteroatoms. The van der Waals surface area contributed by atoms with Crippen LogP contribution in [0.4, 0.5) is 0 Å². The molecule has 1 N–H and O–H groups in total. The number of ether oxygens (including phenoxy) is 1. The number of hydrogen-bond donors (Lipinski definition) is 1. The van der Waals surface area contributed by atoms with Crippen LogP contribution >= 0.6 is 0 Å². The average molecular weight is 268 g/mol. The third-order valence-corrected chi connectivity index (χ3v) is 4.15. The molecule has 0 radical (unpaired) electrons. The van der Waals surface area contributed by atoms with Crippen LogP contribution in [-0.2, 0) is 14.3 Å². The number of rotatable bonds is 6. The summed E-state index contributed by atoms with van der Waals surface area (Å²) in [6.07, 6.45) is 3.31. The summed E-state index contributed by atoms with van der Waals surface area (Å²) >= 11 is 0. The number of carbonyl (C=O) groups is 2. The van der Waals surface area contributed by atoms with Gasteiger partial charge >= 0.3 is 0 Å². The van der Waals surface area contributed by atoms with Crippen molar-refractivity contribution in [1.82, 2.24) is 10.2 Å². The molecule has 2 unspecified atom stereocenters. The van der Waals surface area contributed by atoms with E-state index < -0.39 is 0 Å². The molecule has 0 aromatic carbocycles. The molecule has 1 saturated carbocycles. The van der Waals surface area contributed by atoms with Crippen molar-refractivity contribution in [2.45, 2.75) is 70.7 Å². The monoisotopic (exact) mass is 268 g/mol. The number of carbonyl (C=O) groups excluding carboxylic acids is 2. The Hall–Kier alpha value is -0.940. The molecule has 2 fully saturated rings. The van der Waals surface area contributed by atoms with Crippen LogP contribution in [0.15, 0.2) is 0 Å². The van der Waals surface area contributed by atoms with Crippen LogP contribution in [-0.4, -0.2) is 47.6 Å². The number of likely N-dealkylation sites (tertiary alicyclic amines) is 1. The van der Waals surface area contributed by atoms with Crippen LogP contribution in [0.2, 0.25) is 0 Å². The van der Waals surface area contributed by atoms with Gasteiger partial charge in [0, 0.05) is 18.7 Å².